The van der Waals surface area contributed by atoms with Crippen LogP contribution in [0.15, 0.2) is 83.3 Å². The van der Waals surface area contributed by atoms with Crippen LogP contribution in [0, 0.1) is 0 Å². The van der Waals surface area contributed by atoms with Gasteiger partial charge in [-0.05, 0) is 23.3 Å². The van der Waals surface area contributed by atoms with Gasteiger partial charge in [0.05, 0.1) is 5.92 Å². The lowest BCUT2D eigenvalue weighted by molar-refractivity contribution is -0.117. The Balaban J connectivity index is 1.63. The number of hydrogen-bond acceptors (Lipinski definition) is 4. The van der Waals surface area contributed by atoms with Crippen molar-refractivity contribution in [3.63, 3.8) is 0 Å². The van der Waals surface area contributed by atoms with E-state index in [1.165, 1.54) is 6.92 Å². The van der Waals surface area contributed by atoms with Crippen LogP contribution in [0.1, 0.15) is 24.0 Å². The molecule has 6 nitrogen and oxygen atoms in total. The van der Waals surface area contributed by atoms with E-state index in [1.54, 1.807) is 18.2 Å². The summed E-state index contributed by atoms with van der Waals surface area (Å²) in [7, 11) is 0. The lowest BCUT2D eigenvalue weighted by atomic mass is 9.90. The summed E-state index contributed by atoms with van der Waals surface area (Å²) in [6.45, 7) is 1.43. The Labute approximate surface area is 167 Å². The van der Waals surface area contributed by atoms with Gasteiger partial charge in [0.25, 0.3) is 0 Å². The van der Waals surface area contributed by atoms with E-state index in [1.807, 2.05) is 60.7 Å². The van der Waals surface area contributed by atoms with Gasteiger partial charge < -0.3 is 9.73 Å². The van der Waals surface area contributed by atoms with Gasteiger partial charge in [0.1, 0.15) is 5.52 Å². The van der Waals surface area contributed by atoms with Crippen molar-refractivity contribution in [1.82, 2.24) is 4.98 Å². The van der Waals surface area contributed by atoms with Crippen LogP contribution >= 0.6 is 0 Å². The summed E-state index contributed by atoms with van der Waals surface area (Å²) in [5.74, 6) is -0.913. The van der Waals surface area contributed by atoms with Crippen molar-refractivity contribution < 1.29 is 14.0 Å². The standard InChI is InChI=1S/C23H19N3O3/c1-15(27)24-18-12-13-19-20(14-18)29-23(25-19)26-22(28)21(16-8-4-2-5-9-16)17-10-6-3-7-11-17/h2-14,21H,1H3,(H,24,27)(H,25,26,28). The molecule has 0 spiro atoms. The van der Waals surface area contributed by atoms with E-state index in [4.69, 9.17) is 4.42 Å². The molecule has 2 amide bonds. The highest BCUT2D eigenvalue weighted by atomic mass is 16.4. The molecule has 3 aromatic carbocycles. The monoisotopic (exact) mass is 385 g/mol. The highest BCUT2D eigenvalue weighted by molar-refractivity contribution is 5.97. The summed E-state index contributed by atoms with van der Waals surface area (Å²) in [6.07, 6.45) is 0. The van der Waals surface area contributed by atoms with Crippen LogP contribution in [0.4, 0.5) is 11.7 Å². The van der Waals surface area contributed by atoms with Crippen LogP contribution in [0.5, 0.6) is 0 Å². The maximum atomic E-state index is 13.1. The Bertz CT molecular complexity index is 1110. The molecule has 0 bridgehead atoms. The summed E-state index contributed by atoms with van der Waals surface area (Å²) in [6, 6.07) is 24.4. The van der Waals surface area contributed by atoms with Crippen LogP contribution < -0.4 is 10.6 Å². The molecular weight excluding hydrogens is 366 g/mol. The minimum absolute atomic E-state index is 0.113. The highest BCUT2D eigenvalue weighted by Gasteiger charge is 2.24. The third-order valence-corrected chi connectivity index (χ3v) is 4.47. The molecule has 0 fully saturated rings. The molecule has 6 heteroatoms. The first-order chi connectivity index (χ1) is 14.1. The van der Waals surface area contributed by atoms with Crippen molar-refractivity contribution in [3.05, 3.63) is 90.0 Å². The third kappa shape index (κ3) is 4.16. The van der Waals surface area contributed by atoms with Crippen molar-refractivity contribution in [2.24, 2.45) is 0 Å². The van der Waals surface area contributed by atoms with Crippen LogP contribution in [0.2, 0.25) is 0 Å². The topological polar surface area (TPSA) is 84.2 Å². The Hall–Kier alpha value is -3.93. The minimum Gasteiger partial charge on any atom is -0.423 e. The molecule has 2 N–H and O–H groups in total. The Kier molecular flexibility index (Phi) is 5.07. The number of oxazole rings is 1. The van der Waals surface area contributed by atoms with Gasteiger partial charge in [-0.25, -0.2) is 0 Å². The fraction of sp³-hybridized carbons (Fsp3) is 0.0870. The van der Waals surface area contributed by atoms with Gasteiger partial charge in [0.2, 0.25) is 11.8 Å². The molecule has 0 atom stereocenters. The number of carbonyl (C=O) groups is 2. The van der Waals surface area contributed by atoms with Gasteiger partial charge in [-0.15, -0.1) is 0 Å². The van der Waals surface area contributed by atoms with Gasteiger partial charge in [0, 0.05) is 18.7 Å². The molecule has 1 heterocycles. The first kappa shape index (κ1) is 18.4. The number of fused-ring (bicyclic) bond motifs is 1. The number of nitrogens with zero attached hydrogens (tertiary/aromatic N) is 1. The molecule has 1 aromatic heterocycles. The summed E-state index contributed by atoms with van der Waals surface area (Å²) >= 11 is 0. The predicted molar refractivity (Wildman–Crippen MR) is 112 cm³/mol. The number of rotatable bonds is 5. The zero-order chi connectivity index (χ0) is 20.2. The van der Waals surface area contributed by atoms with Crippen molar-refractivity contribution in [2.45, 2.75) is 12.8 Å². The van der Waals surface area contributed by atoms with Crippen LogP contribution in [0.25, 0.3) is 11.1 Å². The molecule has 0 saturated carbocycles. The molecule has 0 saturated heterocycles. The van der Waals surface area contributed by atoms with Crippen molar-refractivity contribution in [3.8, 4) is 0 Å². The molecule has 4 aromatic rings. The van der Waals surface area contributed by atoms with Gasteiger partial charge in [0.15, 0.2) is 5.58 Å². The van der Waals surface area contributed by atoms with Gasteiger partial charge in [-0.3, -0.25) is 14.9 Å². The fourth-order valence-electron chi connectivity index (χ4n) is 3.22. The number of anilines is 2. The van der Waals surface area contributed by atoms with Crippen LogP contribution in [-0.2, 0) is 9.59 Å². The molecule has 0 unspecified atom stereocenters. The van der Waals surface area contributed by atoms with E-state index in [0.29, 0.717) is 16.8 Å². The summed E-state index contributed by atoms with van der Waals surface area (Å²) in [5, 5.41) is 5.48. The molecule has 0 aliphatic carbocycles. The second-order valence-corrected chi connectivity index (χ2v) is 6.63. The van der Waals surface area contributed by atoms with E-state index in [-0.39, 0.29) is 17.8 Å². The smallest absolute Gasteiger partial charge is 0.302 e. The highest BCUT2D eigenvalue weighted by Crippen LogP contribution is 2.28. The number of aromatic nitrogens is 1. The maximum absolute atomic E-state index is 13.1. The van der Waals surface area contributed by atoms with Crippen LogP contribution in [-0.4, -0.2) is 16.8 Å². The van der Waals surface area contributed by atoms with Crippen molar-refractivity contribution in [1.29, 1.82) is 0 Å². The zero-order valence-electron chi connectivity index (χ0n) is 15.8. The number of carbonyl (C=O) groups excluding carboxylic acids is 2. The van der Waals surface area contributed by atoms with Crippen LogP contribution in [0.3, 0.4) is 0 Å². The molecule has 144 valence electrons. The van der Waals surface area contributed by atoms with Crippen molar-refractivity contribution >= 4 is 34.6 Å². The second kappa shape index (κ2) is 7.98. The summed E-state index contributed by atoms with van der Waals surface area (Å²) in [5.41, 5.74) is 3.42. The normalized spacial score (nSPS) is 10.8. The molecule has 0 aliphatic rings. The molecular formula is C23H19N3O3. The number of hydrogen-bond donors (Lipinski definition) is 2. The first-order valence-corrected chi connectivity index (χ1v) is 9.19. The lowest BCUT2D eigenvalue weighted by Crippen LogP contribution is -2.22. The first-order valence-electron chi connectivity index (χ1n) is 9.19. The van der Waals surface area contributed by atoms with E-state index < -0.39 is 5.92 Å². The van der Waals surface area contributed by atoms with Gasteiger partial charge >= 0.3 is 6.01 Å². The Morgan fingerprint density at radius 3 is 2.07 bits per heavy atom. The number of amides is 2. The average Bonchev–Trinajstić information content (AvgIpc) is 3.11. The molecule has 0 radical (unpaired) electrons. The fourth-order valence-corrected chi connectivity index (χ4v) is 3.22. The Morgan fingerprint density at radius 2 is 1.48 bits per heavy atom. The number of nitrogens with one attached hydrogen (secondary N) is 2. The molecule has 0 aliphatic heterocycles. The Morgan fingerprint density at radius 1 is 0.862 bits per heavy atom. The molecule has 29 heavy (non-hydrogen) atoms. The third-order valence-electron chi connectivity index (χ3n) is 4.47. The maximum Gasteiger partial charge on any atom is 0.302 e. The summed E-state index contributed by atoms with van der Waals surface area (Å²) in [4.78, 5) is 28.7. The van der Waals surface area contributed by atoms with Gasteiger partial charge in [-0.1, -0.05) is 60.7 Å². The SMILES string of the molecule is CC(=O)Nc1ccc2nc(NC(=O)C(c3ccccc3)c3ccccc3)oc2c1. The average molecular weight is 385 g/mol. The van der Waals surface area contributed by atoms with E-state index in [2.05, 4.69) is 15.6 Å². The zero-order valence-corrected chi connectivity index (χ0v) is 15.8. The van der Waals surface area contributed by atoms with E-state index in [9.17, 15) is 9.59 Å². The van der Waals surface area contributed by atoms with E-state index >= 15 is 0 Å². The summed E-state index contributed by atoms with van der Waals surface area (Å²) < 4.78 is 5.69. The number of benzene rings is 3. The largest absolute Gasteiger partial charge is 0.423 e. The second-order valence-electron chi connectivity index (χ2n) is 6.63. The van der Waals surface area contributed by atoms with Gasteiger partial charge in [-0.2, -0.15) is 4.98 Å². The minimum atomic E-state index is -0.498. The molecule has 4 rings (SSSR count). The quantitative estimate of drug-likeness (QED) is 0.528. The van der Waals surface area contributed by atoms with E-state index in [0.717, 1.165) is 11.1 Å². The van der Waals surface area contributed by atoms with Crippen molar-refractivity contribution in [2.75, 3.05) is 10.6 Å². The lowest BCUT2D eigenvalue weighted by Gasteiger charge is -2.16. The predicted octanol–water partition coefficient (Wildman–Crippen LogP) is 4.56.